The quantitative estimate of drug-likeness (QED) is 0.254. The molecule has 0 unspecified atom stereocenters. The second kappa shape index (κ2) is 11.0. The first kappa shape index (κ1) is 32.3. The van der Waals surface area contributed by atoms with Gasteiger partial charge in [0.25, 0.3) is 0 Å². The van der Waals surface area contributed by atoms with Crippen LogP contribution in [-0.2, 0) is 19.1 Å². The van der Waals surface area contributed by atoms with E-state index in [0.717, 1.165) is 56.9 Å². The van der Waals surface area contributed by atoms with Crippen LogP contribution in [0.15, 0.2) is 42.5 Å². The standard InChI is InChI=1S/C39H54O6/c1-24(2)27-15-20-38(34(42)43)21-22-39(23-44-33(41)26-11-9-8-10-12-26)28(32(27)38)13-14-30-36(6)18-17-31(45-25(3)40)35(4,5)29(36)16-19-37(30,39)7/h8-12,27-32H,1,13-23H2,2-7H3,(H,42,43)/t27-,28+,29-,30+,31-,32+,36-,37+,38-,39-/m0/s1. The first-order chi connectivity index (χ1) is 21.1. The van der Waals surface area contributed by atoms with Crippen LogP contribution in [0.3, 0.4) is 0 Å². The van der Waals surface area contributed by atoms with Crippen molar-refractivity contribution in [2.75, 3.05) is 6.61 Å². The van der Waals surface area contributed by atoms with Crippen molar-refractivity contribution in [1.29, 1.82) is 0 Å². The summed E-state index contributed by atoms with van der Waals surface area (Å²) in [4.78, 5) is 38.8. The minimum absolute atomic E-state index is 0.00359. The lowest BCUT2D eigenvalue weighted by atomic mass is 9.32. The van der Waals surface area contributed by atoms with Crippen molar-refractivity contribution in [3.63, 3.8) is 0 Å². The highest BCUT2D eigenvalue weighted by Gasteiger charge is 2.73. The predicted molar refractivity (Wildman–Crippen MR) is 173 cm³/mol. The highest BCUT2D eigenvalue weighted by molar-refractivity contribution is 5.89. The van der Waals surface area contributed by atoms with Crippen molar-refractivity contribution < 1.29 is 29.0 Å². The minimum Gasteiger partial charge on any atom is -0.481 e. The van der Waals surface area contributed by atoms with Crippen molar-refractivity contribution in [2.24, 2.45) is 56.7 Å². The average Bonchev–Trinajstić information content (AvgIpc) is 3.39. The third-order valence-corrected chi connectivity index (χ3v) is 14.9. The number of hydrogen-bond acceptors (Lipinski definition) is 5. The summed E-state index contributed by atoms with van der Waals surface area (Å²) in [5, 5.41) is 10.8. The first-order valence-electron chi connectivity index (χ1n) is 17.4. The number of benzene rings is 1. The van der Waals surface area contributed by atoms with Crippen LogP contribution in [0, 0.1) is 56.7 Å². The number of aliphatic carboxylic acids is 1. The van der Waals surface area contributed by atoms with Gasteiger partial charge in [0.05, 0.1) is 17.6 Å². The molecule has 0 spiro atoms. The Kier molecular flexibility index (Phi) is 7.88. The monoisotopic (exact) mass is 618 g/mol. The number of fused-ring (bicyclic) bond motifs is 7. The number of carboxylic acids is 1. The van der Waals surface area contributed by atoms with Crippen molar-refractivity contribution >= 4 is 17.9 Å². The summed E-state index contributed by atoms with van der Waals surface area (Å²) in [5.41, 5.74) is 0.344. The van der Waals surface area contributed by atoms with E-state index in [9.17, 15) is 19.5 Å². The van der Waals surface area contributed by atoms with Crippen LogP contribution >= 0.6 is 0 Å². The van der Waals surface area contributed by atoms with Gasteiger partial charge in [0.2, 0.25) is 0 Å². The van der Waals surface area contributed by atoms with Gasteiger partial charge in [0.1, 0.15) is 6.10 Å². The summed E-state index contributed by atoms with van der Waals surface area (Å²) in [7, 11) is 0. The molecule has 0 radical (unpaired) electrons. The smallest absolute Gasteiger partial charge is 0.338 e. The Labute approximate surface area is 269 Å². The third kappa shape index (κ3) is 4.58. The molecule has 6 rings (SSSR count). The molecule has 0 saturated heterocycles. The Morgan fingerprint density at radius 1 is 0.867 bits per heavy atom. The van der Waals surface area contributed by atoms with Gasteiger partial charge in [-0.1, -0.05) is 58.0 Å². The van der Waals surface area contributed by atoms with E-state index in [2.05, 4.69) is 41.2 Å². The van der Waals surface area contributed by atoms with Gasteiger partial charge < -0.3 is 14.6 Å². The summed E-state index contributed by atoms with van der Waals surface area (Å²) in [5.74, 6) is -0.0495. The number of hydrogen-bond donors (Lipinski definition) is 1. The van der Waals surface area contributed by atoms with E-state index in [-0.39, 0.29) is 57.5 Å². The number of ether oxygens (including phenoxy) is 2. The molecule has 0 amide bonds. The molecule has 0 bridgehead atoms. The zero-order valence-electron chi connectivity index (χ0n) is 28.3. The maximum atomic E-state index is 13.5. The lowest BCUT2D eigenvalue weighted by Crippen LogP contribution is -2.69. The molecule has 1 N–H and O–H groups in total. The molecule has 1 aromatic carbocycles. The Hall–Kier alpha value is -2.63. The Morgan fingerprint density at radius 3 is 2.22 bits per heavy atom. The third-order valence-electron chi connectivity index (χ3n) is 14.9. The van der Waals surface area contributed by atoms with Crippen molar-refractivity contribution in [3.05, 3.63) is 48.0 Å². The van der Waals surface area contributed by atoms with E-state index < -0.39 is 11.4 Å². The Balaban J connectivity index is 1.43. The number of esters is 2. The lowest BCUT2D eigenvalue weighted by molar-refractivity contribution is -0.263. The van der Waals surface area contributed by atoms with Crippen LogP contribution in [0.1, 0.15) is 116 Å². The van der Waals surface area contributed by atoms with E-state index in [1.807, 2.05) is 30.3 Å². The molecule has 5 fully saturated rings. The molecule has 5 aliphatic carbocycles. The molecule has 0 heterocycles. The van der Waals surface area contributed by atoms with E-state index >= 15 is 0 Å². The lowest BCUT2D eigenvalue weighted by Gasteiger charge is -2.73. The summed E-state index contributed by atoms with van der Waals surface area (Å²) >= 11 is 0. The van der Waals surface area contributed by atoms with E-state index in [1.165, 1.54) is 6.92 Å². The van der Waals surface area contributed by atoms with E-state index in [4.69, 9.17) is 9.47 Å². The summed E-state index contributed by atoms with van der Waals surface area (Å²) < 4.78 is 12.3. The van der Waals surface area contributed by atoms with Gasteiger partial charge in [-0.05, 0) is 124 Å². The van der Waals surface area contributed by atoms with Crippen LogP contribution < -0.4 is 0 Å². The molecule has 6 nitrogen and oxygen atoms in total. The SMILES string of the molecule is C=C(C)[C@@H]1CC[C@]2(C(=O)O)CC[C@]3(COC(=O)c4ccccc4)[C@H](CC[C@@H]4[C@@]5(C)CC[C@H](OC(C)=O)C(C)(C)[C@@H]5CC[C@]43C)[C@@H]12. The van der Waals surface area contributed by atoms with Gasteiger partial charge in [-0.15, -0.1) is 0 Å². The maximum absolute atomic E-state index is 13.5. The van der Waals surface area contributed by atoms with Crippen LogP contribution in [0.25, 0.3) is 0 Å². The predicted octanol–water partition coefficient (Wildman–Crippen LogP) is 8.50. The van der Waals surface area contributed by atoms with Crippen molar-refractivity contribution in [3.8, 4) is 0 Å². The van der Waals surface area contributed by atoms with Gasteiger partial charge >= 0.3 is 17.9 Å². The molecule has 5 saturated carbocycles. The molecule has 0 aliphatic heterocycles. The van der Waals surface area contributed by atoms with Crippen LogP contribution in [0.5, 0.6) is 0 Å². The number of allylic oxidation sites excluding steroid dienone is 1. The fraction of sp³-hybridized carbons (Fsp3) is 0.718. The summed E-state index contributed by atoms with van der Waals surface area (Å²) in [6.07, 6.45) is 8.74. The zero-order chi connectivity index (χ0) is 32.6. The molecule has 5 aliphatic rings. The molecule has 10 atom stereocenters. The highest BCUT2D eigenvalue weighted by atomic mass is 16.5. The molecule has 246 valence electrons. The number of rotatable bonds is 6. The normalized spacial score (nSPS) is 43.1. The summed E-state index contributed by atoms with van der Waals surface area (Å²) in [6.45, 7) is 17.9. The van der Waals surface area contributed by atoms with Crippen LogP contribution in [0.2, 0.25) is 0 Å². The van der Waals surface area contributed by atoms with Gasteiger partial charge in [-0.3, -0.25) is 9.59 Å². The fourth-order valence-corrected chi connectivity index (χ4v) is 12.9. The van der Waals surface area contributed by atoms with Gasteiger partial charge in [-0.2, -0.15) is 0 Å². The Bertz CT molecular complexity index is 1370. The molecular weight excluding hydrogens is 564 g/mol. The van der Waals surface area contributed by atoms with Gasteiger partial charge in [0, 0.05) is 17.8 Å². The second-order valence-electron chi connectivity index (χ2n) is 16.8. The molecule has 45 heavy (non-hydrogen) atoms. The zero-order valence-corrected chi connectivity index (χ0v) is 28.3. The average molecular weight is 619 g/mol. The largest absolute Gasteiger partial charge is 0.481 e. The Morgan fingerprint density at radius 2 is 1.58 bits per heavy atom. The van der Waals surface area contributed by atoms with Crippen molar-refractivity contribution in [1.82, 2.24) is 0 Å². The topological polar surface area (TPSA) is 89.9 Å². The molecule has 0 aromatic heterocycles. The minimum atomic E-state index is -0.740. The fourth-order valence-electron chi connectivity index (χ4n) is 12.9. The van der Waals surface area contributed by atoms with Gasteiger partial charge in [0.15, 0.2) is 0 Å². The van der Waals surface area contributed by atoms with Crippen LogP contribution in [-0.4, -0.2) is 35.7 Å². The molecule has 6 heteroatoms. The molecule has 1 aromatic rings. The van der Waals surface area contributed by atoms with E-state index in [0.29, 0.717) is 36.8 Å². The van der Waals surface area contributed by atoms with Crippen molar-refractivity contribution in [2.45, 2.75) is 112 Å². The van der Waals surface area contributed by atoms with Crippen LogP contribution in [0.4, 0.5) is 0 Å². The summed E-state index contributed by atoms with van der Waals surface area (Å²) in [6, 6.07) is 9.25. The van der Waals surface area contributed by atoms with Gasteiger partial charge in [-0.25, -0.2) is 4.79 Å². The maximum Gasteiger partial charge on any atom is 0.338 e. The number of carbonyl (C=O) groups excluding carboxylic acids is 2. The van der Waals surface area contributed by atoms with E-state index in [1.54, 1.807) is 0 Å². The highest BCUT2D eigenvalue weighted by Crippen LogP contribution is 2.77. The molecular formula is C39H54O6. The second-order valence-corrected chi connectivity index (χ2v) is 16.8. The first-order valence-corrected chi connectivity index (χ1v) is 17.4. The number of carbonyl (C=O) groups is 3. The number of carboxylic acid groups (broad SMARTS) is 1.